The van der Waals surface area contributed by atoms with Gasteiger partial charge in [0.05, 0.1) is 0 Å². The maximum atomic E-state index is 8.88. The number of rotatable bonds is 1. The Morgan fingerprint density at radius 2 is 1.75 bits per heavy atom. The minimum Gasteiger partial charge on any atom is -0.211 e. The lowest BCUT2D eigenvalue weighted by atomic mass is 9.95. The van der Waals surface area contributed by atoms with Crippen LogP contribution in [0, 0.1) is 20.8 Å². The van der Waals surface area contributed by atoms with Crippen LogP contribution in [-0.4, -0.2) is 13.1 Å². The molecule has 86 valence electrons. The fourth-order valence-corrected chi connectivity index (χ4v) is 1.42. The smallest absolute Gasteiger partial charge is 0.211 e. The van der Waals surface area contributed by atoms with E-state index in [0.29, 0.717) is 0 Å². The van der Waals surface area contributed by atoms with Gasteiger partial charge in [-0.3, -0.25) is 0 Å². The van der Waals surface area contributed by atoms with Gasteiger partial charge in [-0.15, -0.1) is 0 Å². The van der Waals surface area contributed by atoms with Crippen molar-refractivity contribution in [3.05, 3.63) is 41.0 Å². The Labute approximate surface area is 97.7 Å². The van der Waals surface area contributed by atoms with E-state index >= 15 is 0 Å². The average molecular weight is 217 g/mol. The first kappa shape index (κ1) is 14.3. The molecule has 0 atom stereocenters. The molecule has 0 radical (unpaired) electrons. The molecule has 0 fully saturated rings. The number of hydrogen-bond acceptors (Lipinski definition) is 2. The van der Waals surface area contributed by atoms with Gasteiger partial charge in [-0.1, -0.05) is 24.3 Å². The van der Waals surface area contributed by atoms with E-state index in [4.69, 9.17) is 4.79 Å². The molecule has 0 bridgehead atoms. The zero-order valence-electron chi connectivity index (χ0n) is 10.7. The molecule has 0 amide bonds. The number of aliphatic imine (C=N–C) groups is 1. The number of aryl methyl sites for hydroxylation is 1. The third-order valence-corrected chi connectivity index (χ3v) is 2.61. The summed E-state index contributed by atoms with van der Waals surface area (Å²) in [7, 11) is 1.38. The molecule has 16 heavy (non-hydrogen) atoms. The fraction of sp³-hybridized carbons (Fsp3) is 0.357. The summed E-state index contributed by atoms with van der Waals surface area (Å²) < 4.78 is 0. The summed E-state index contributed by atoms with van der Waals surface area (Å²) in [6.07, 6.45) is 1.31. The number of carbonyl (C=O) groups excluding carboxylic acids is 1. The minimum absolute atomic E-state index is 1.15. The van der Waals surface area contributed by atoms with E-state index in [9.17, 15) is 0 Å². The van der Waals surface area contributed by atoms with Crippen molar-refractivity contribution in [3.8, 4) is 0 Å². The van der Waals surface area contributed by atoms with E-state index in [1.54, 1.807) is 0 Å². The van der Waals surface area contributed by atoms with Crippen LogP contribution in [0.5, 0.6) is 0 Å². The molecule has 0 aliphatic carbocycles. The van der Waals surface area contributed by atoms with Crippen molar-refractivity contribution in [2.24, 2.45) is 4.99 Å². The van der Waals surface area contributed by atoms with Gasteiger partial charge in [0.25, 0.3) is 0 Å². The number of isocyanates is 1. The molecule has 0 heterocycles. The SMILES string of the molecule is C=C(C)c1ccc(C)c(C)c1C.CN=C=O. The highest BCUT2D eigenvalue weighted by atomic mass is 16.1. The molecule has 0 spiro atoms. The monoisotopic (exact) mass is 217 g/mol. The molecule has 2 nitrogen and oxygen atoms in total. The van der Waals surface area contributed by atoms with Crippen molar-refractivity contribution >= 4 is 11.7 Å². The molecule has 0 aromatic heterocycles. The Kier molecular flexibility index (Phi) is 6.06. The molecule has 1 aromatic carbocycles. The van der Waals surface area contributed by atoms with Gasteiger partial charge in [0, 0.05) is 7.05 Å². The number of benzene rings is 1. The Morgan fingerprint density at radius 1 is 1.25 bits per heavy atom. The summed E-state index contributed by atoms with van der Waals surface area (Å²) in [5.74, 6) is 0. The van der Waals surface area contributed by atoms with Crippen molar-refractivity contribution in [1.82, 2.24) is 0 Å². The first-order chi connectivity index (χ1) is 7.45. The van der Waals surface area contributed by atoms with Crippen LogP contribution in [0.2, 0.25) is 0 Å². The number of hydrogen-bond donors (Lipinski definition) is 0. The first-order valence-electron chi connectivity index (χ1n) is 5.14. The third-order valence-electron chi connectivity index (χ3n) is 2.61. The molecule has 2 heteroatoms. The molecule has 1 aromatic rings. The number of allylic oxidation sites excluding steroid dienone is 1. The summed E-state index contributed by atoms with van der Waals surface area (Å²) in [5.41, 5.74) is 6.55. The van der Waals surface area contributed by atoms with Crippen LogP contribution in [0.1, 0.15) is 29.2 Å². The Morgan fingerprint density at radius 3 is 2.12 bits per heavy atom. The van der Waals surface area contributed by atoms with Gasteiger partial charge in [0.15, 0.2) is 0 Å². The topological polar surface area (TPSA) is 29.4 Å². The van der Waals surface area contributed by atoms with Crippen molar-refractivity contribution in [1.29, 1.82) is 0 Å². The molecule has 0 N–H and O–H groups in total. The molecule has 0 unspecified atom stereocenters. The second-order valence-corrected chi connectivity index (χ2v) is 3.78. The highest BCUT2D eigenvalue weighted by molar-refractivity contribution is 5.66. The van der Waals surface area contributed by atoms with E-state index in [0.717, 1.165) is 5.57 Å². The van der Waals surface area contributed by atoms with E-state index in [-0.39, 0.29) is 0 Å². The van der Waals surface area contributed by atoms with Crippen LogP contribution in [0.15, 0.2) is 23.7 Å². The van der Waals surface area contributed by atoms with Crippen molar-refractivity contribution in [2.75, 3.05) is 7.05 Å². The van der Waals surface area contributed by atoms with Crippen molar-refractivity contribution < 1.29 is 4.79 Å². The van der Waals surface area contributed by atoms with Gasteiger partial charge < -0.3 is 0 Å². The van der Waals surface area contributed by atoms with Gasteiger partial charge in [-0.05, 0) is 49.9 Å². The predicted octanol–water partition coefficient (Wildman–Crippen LogP) is 3.60. The van der Waals surface area contributed by atoms with E-state index in [1.165, 1.54) is 35.4 Å². The van der Waals surface area contributed by atoms with Crippen molar-refractivity contribution in [3.63, 3.8) is 0 Å². The summed E-state index contributed by atoms with van der Waals surface area (Å²) >= 11 is 0. The molecular formula is C14H19NO. The maximum absolute atomic E-state index is 8.88. The van der Waals surface area contributed by atoms with Gasteiger partial charge >= 0.3 is 0 Å². The lowest BCUT2D eigenvalue weighted by Crippen LogP contribution is -1.91. The largest absolute Gasteiger partial charge is 0.234 e. The zero-order valence-corrected chi connectivity index (χ0v) is 10.7. The predicted molar refractivity (Wildman–Crippen MR) is 69.4 cm³/mol. The standard InChI is InChI=1S/C12H16.C2H3NO/c1-8(2)12-7-6-9(3)10(4)11(12)5;1-3-2-4/h6-7H,1H2,2-5H3;1H3. The van der Waals surface area contributed by atoms with Crippen LogP contribution in [0.25, 0.3) is 5.57 Å². The maximum Gasteiger partial charge on any atom is 0.234 e. The molecule has 0 saturated heterocycles. The first-order valence-corrected chi connectivity index (χ1v) is 5.14. The van der Waals surface area contributed by atoms with Crippen LogP contribution in [0.3, 0.4) is 0 Å². The second-order valence-electron chi connectivity index (χ2n) is 3.78. The molecule has 1 rings (SSSR count). The van der Waals surface area contributed by atoms with Crippen molar-refractivity contribution in [2.45, 2.75) is 27.7 Å². The summed E-state index contributed by atoms with van der Waals surface area (Å²) in [5, 5.41) is 0. The normalized spacial score (nSPS) is 8.56. The van der Waals surface area contributed by atoms with Crippen LogP contribution >= 0.6 is 0 Å². The lowest BCUT2D eigenvalue weighted by Gasteiger charge is -2.10. The van der Waals surface area contributed by atoms with E-state index in [1.807, 2.05) is 0 Å². The van der Waals surface area contributed by atoms with E-state index in [2.05, 4.69) is 51.4 Å². The Balaban J connectivity index is 0.000000487. The third kappa shape index (κ3) is 3.84. The quantitative estimate of drug-likeness (QED) is 0.522. The summed E-state index contributed by atoms with van der Waals surface area (Å²) in [6, 6.07) is 4.31. The van der Waals surface area contributed by atoms with Crippen LogP contribution in [-0.2, 0) is 4.79 Å². The van der Waals surface area contributed by atoms with Gasteiger partial charge in [0.1, 0.15) is 0 Å². The summed E-state index contributed by atoms with van der Waals surface area (Å²) in [6.45, 7) is 12.5. The van der Waals surface area contributed by atoms with Gasteiger partial charge in [-0.25, -0.2) is 9.79 Å². The summed E-state index contributed by atoms with van der Waals surface area (Å²) in [4.78, 5) is 11.8. The molecule has 0 aliphatic heterocycles. The lowest BCUT2D eigenvalue weighted by molar-refractivity contribution is 0.564. The zero-order chi connectivity index (χ0) is 12.7. The van der Waals surface area contributed by atoms with Gasteiger partial charge in [0.2, 0.25) is 6.08 Å². The Bertz CT molecular complexity index is 427. The van der Waals surface area contributed by atoms with E-state index < -0.39 is 0 Å². The van der Waals surface area contributed by atoms with Crippen LogP contribution < -0.4 is 0 Å². The molecular weight excluding hydrogens is 198 g/mol. The molecule has 0 saturated carbocycles. The van der Waals surface area contributed by atoms with Crippen LogP contribution in [0.4, 0.5) is 0 Å². The highest BCUT2D eigenvalue weighted by Gasteiger charge is 2.02. The average Bonchev–Trinajstić information content (AvgIpc) is 2.26. The molecule has 0 aliphatic rings. The Hall–Kier alpha value is -1.66. The fourth-order valence-electron chi connectivity index (χ4n) is 1.42. The number of nitrogens with zero attached hydrogens (tertiary/aromatic N) is 1. The minimum atomic E-state index is 1.15. The highest BCUT2D eigenvalue weighted by Crippen LogP contribution is 2.21. The van der Waals surface area contributed by atoms with Gasteiger partial charge in [-0.2, -0.15) is 0 Å². The second kappa shape index (κ2) is 6.76.